The van der Waals surface area contributed by atoms with Crippen molar-refractivity contribution in [2.24, 2.45) is 5.41 Å². The molecular weight excluding hydrogens is 433 g/mol. The fourth-order valence-electron chi connectivity index (χ4n) is 3.91. The molecule has 1 aromatic carbocycles. The molecule has 30 heavy (non-hydrogen) atoms. The highest BCUT2D eigenvalue weighted by atomic mass is 35.5. The highest BCUT2D eigenvalue weighted by Gasteiger charge is 2.50. The van der Waals surface area contributed by atoms with Crippen molar-refractivity contribution in [2.45, 2.75) is 64.2 Å². The molecule has 1 heterocycles. The van der Waals surface area contributed by atoms with Crippen LogP contribution in [0.4, 0.5) is 0 Å². The van der Waals surface area contributed by atoms with E-state index >= 15 is 0 Å². The van der Waals surface area contributed by atoms with E-state index in [1.807, 2.05) is 29.2 Å². The van der Waals surface area contributed by atoms with Crippen molar-refractivity contribution in [1.82, 2.24) is 4.90 Å². The number of allylic oxidation sites excluding steroid dienone is 2. The first kappa shape index (κ1) is 25.2. The van der Waals surface area contributed by atoms with Crippen molar-refractivity contribution in [2.75, 3.05) is 13.2 Å². The average molecular weight is 469 g/mol. The number of halogens is 2. The Morgan fingerprint density at radius 3 is 2.33 bits per heavy atom. The molecule has 1 saturated heterocycles. The zero-order valence-electron chi connectivity index (χ0n) is 18.9. The van der Waals surface area contributed by atoms with Crippen molar-refractivity contribution < 1.29 is 9.22 Å². The molecular formula is C24H35Cl2NO2Si. The Balaban J connectivity index is 2.35. The Morgan fingerprint density at radius 1 is 1.23 bits per heavy atom. The molecule has 0 unspecified atom stereocenters. The van der Waals surface area contributed by atoms with Crippen LogP contribution >= 0.6 is 23.2 Å². The second kappa shape index (κ2) is 9.60. The van der Waals surface area contributed by atoms with Gasteiger partial charge in [0.15, 0.2) is 8.32 Å². The molecule has 0 radical (unpaired) electrons. The smallest absolute Gasteiger partial charge is 0.230 e. The molecule has 1 atom stereocenters. The molecule has 0 spiro atoms. The van der Waals surface area contributed by atoms with Crippen molar-refractivity contribution in [3.63, 3.8) is 0 Å². The summed E-state index contributed by atoms with van der Waals surface area (Å²) in [7, 11) is -1.90. The third-order valence-electron chi connectivity index (χ3n) is 6.67. The van der Waals surface area contributed by atoms with E-state index in [0.717, 1.165) is 5.56 Å². The third-order valence-corrected chi connectivity index (χ3v) is 11.8. The fourth-order valence-corrected chi connectivity index (χ4v) is 5.48. The number of benzene rings is 1. The molecule has 2 rings (SSSR count). The maximum Gasteiger partial charge on any atom is 0.230 e. The lowest BCUT2D eigenvalue weighted by molar-refractivity contribution is -0.137. The highest BCUT2D eigenvalue weighted by Crippen LogP contribution is 2.50. The molecule has 0 bridgehead atoms. The number of likely N-dealkylation sites (tertiary alicyclic amines) is 1. The molecule has 6 heteroatoms. The Hall–Kier alpha value is -1.07. The molecule has 0 saturated carbocycles. The van der Waals surface area contributed by atoms with Crippen molar-refractivity contribution in [3.05, 3.63) is 59.1 Å². The predicted molar refractivity (Wildman–Crippen MR) is 131 cm³/mol. The maximum atomic E-state index is 13.6. The summed E-state index contributed by atoms with van der Waals surface area (Å²) in [5, 5.41) is 1.30. The van der Waals surface area contributed by atoms with E-state index in [4.69, 9.17) is 27.6 Å². The summed E-state index contributed by atoms with van der Waals surface area (Å²) < 4.78 is 6.38. The Bertz CT molecular complexity index is 791. The molecule has 1 aliphatic heterocycles. The lowest BCUT2D eigenvalue weighted by Crippen LogP contribution is -2.44. The Labute approximate surface area is 193 Å². The van der Waals surface area contributed by atoms with Gasteiger partial charge in [-0.15, -0.1) is 13.2 Å². The van der Waals surface area contributed by atoms with Gasteiger partial charge in [-0.1, -0.05) is 62.2 Å². The van der Waals surface area contributed by atoms with Gasteiger partial charge in [0.1, 0.15) is 0 Å². The van der Waals surface area contributed by atoms with Gasteiger partial charge in [0.2, 0.25) is 5.91 Å². The SMILES string of the molecule is C=CCC1(CC=C)C[C@H](c2ccc(Cl)cc2Cl)N(CCO[Si](C)(C)C(C)(C)C)C1=O. The molecule has 1 amide bonds. The third kappa shape index (κ3) is 5.21. The van der Waals surface area contributed by atoms with E-state index in [1.54, 1.807) is 6.07 Å². The first-order valence-corrected chi connectivity index (χ1v) is 14.2. The largest absolute Gasteiger partial charge is 0.415 e. The minimum absolute atomic E-state index is 0.120. The number of carbonyl (C=O) groups is 1. The van der Waals surface area contributed by atoms with Crippen molar-refractivity contribution >= 4 is 37.4 Å². The molecule has 1 aliphatic rings. The predicted octanol–water partition coefficient (Wildman–Crippen LogP) is 7.43. The van der Waals surface area contributed by atoms with Crippen LogP contribution in [-0.4, -0.2) is 32.3 Å². The minimum atomic E-state index is -1.90. The van der Waals surface area contributed by atoms with Gasteiger partial charge in [0.05, 0.1) is 18.1 Å². The summed E-state index contributed by atoms with van der Waals surface area (Å²) in [6.45, 7) is 19.9. The number of hydrogen-bond acceptors (Lipinski definition) is 2. The van der Waals surface area contributed by atoms with Crippen LogP contribution in [0.3, 0.4) is 0 Å². The summed E-state index contributed by atoms with van der Waals surface area (Å²) in [4.78, 5) is 15.6. The number of rotatable bonds is 9. The van der Waals surface area contributed by atoms with Gasteiger partial charge in [-0.05, 0) is 55.1 Å². The van der Waals surface area contributed by atoms with E-state index in [0.29, 0.717) is 42.5 Å². The topological polar surface area (TPSA) is 29.5 Å². The second-order valence-electron chi connectivity index (χ2n) is 9.76. The van der Waals surface area contributed by atoms with Crippen molar-refractivity contribution in [1.29, 1.82) is 0 Å². The standard InChI is InChI=1S/C24H35Cl2NO2Si/c1-8-12-24(13-9-2)17-21(19-11-10-18(25)16-20(19)26)27(22(24)28)14-15-29-30(6,7)23(3,4)5/h8-11,16,21H,1-2,12-15,17H2,3-7H3/t21-/m1/s1. The monoisotopic (exact) mass is 467 g/mol. The first-order chi connectivity index (χ1) is 13.9. The maximum absolute atomic E-state index is 13.6. The van der Waals surface area contributed by atoms with E-state index in [1.165, 1.54) is 0 Å². The molecule has 1 aromatic rings. The van der Waals surface area contributed by atoms with Crippen LogP contribution in [0.2, 0.25) is 28.2 Å². The number of carbonyl (C=O) groups excluding carboxylic acids is 1. The van der Waals surface area contributed by atoms with Gasteiger partial charge in [0, 0.05) is 16.6 Å². The summed E-state index contributed by atoms with van der Waals surface area (Å²) in [6, 6.07) is 5.39. The fraction of sp³-hybridized carbons (Fsp3) is 0.542. The van der Waals surface area contributed by atoms with Crippen LogP contribution < -0.4 is 0 Å². The summed E-state index contributed by atoms with van der Waals surface area (Å²) in [5.41, 5.74) is 0.394. The van der Waals surface area contributed by atoms with Gasteiger partial charge < -0.3 is 9.33 Å². The first-order valence-electron chi connectivity index (χ1n) is 10.5. The van der Waals surface area contributed by atoms with E-state index in [9.17, 15) is 4.79 Å². The zero-order valence-corrected chi connectivity index (χ0v) is 21.4. The molecule has 0 N–H and O–H groups in total. The summed E-state index contributed by atoms with van der Waals surface area (Å²) in [6.07, 6.45) is 5.55. The van der Waals surface area contributed by atoms with Gasteiger partial charge >= 0.3 is 0 Å². The average Bonchev–Trinajstić information content (AvgIpc) is 2.87. The van der Waals surface area contributed by atoms with E-state index in [2.05, 4.69) is 47.0 Å². The molecule has 3 nitrogen and oxygen atoms in total. The molecule has 1 fully saturated rings. The van der Waals surface area contributed by atoms with Crippen LogP contribution in [0.5, 0.6) is 0 Å². The van der Waals surface area contributed by atoms with Crippen molar-refractivity contribution in [3.8, 4) is 0 Å². The van der Waals surface area contributed by atoms with Crippen LogP contribution in [0.25, 0.3) is 0 Å². The van der Waals surface area contributed by atoms with Gasteiger partial charge in [-0.25, -0.2) is 0 Å². The normalized spacial score (nSPS) is 19.2. The number of nitrogens with zero attached hydrogens (tertiary/aromatic N) is 1. The van der Waals surface area contributed by atoms with Gasteiger partial charge in [-0.2, -0.15) is 0 Å². The quantitative estimate of drug-likeness (QED) is 0.279. The zero-order chi connectivity index (χ0) is 22.7. The Morgan fingerprint density at radius 2 is 1.83 bits per heavy atom. The van der Waals surface area contributed by atoms with Crippen LogP contribution in [0.1, 0.15) is 51.6 Å². The van der Waals surface area contributed by atoms with E-state index in [-0.39, 0.29) is 17.0 Å². The van der Waals surface area contributed by atoms with Crippen LogP contribution in [0.15, 0.2) is 43.5 Å². The second-order valence-corrected chi connectivity index (χ2v) is 15.4. The summed E-state index contributed by atoms with van der Waals surface area (Å²) in [5.74, 6) is 0.122. The van der Waals surface area contributed by atoms with Crippen LogP contribution in [-0.2, 0) is 9.22 Å². The number of amides is 1. The highest BCUT2D eigenvalue weighted by molar-refractivity contribution is 6.74. The molecule has 0 aliphatic carbocycles. The minimum Gasteiger partial charge on any atom is -0.415 e. The van der Waals surface area contributed by atoms with Gasteiger partial charge in [-0.3, -0.25) is 4.79 Å². The van der Waals surface area contributed by atoms with Crippen LogP contribution in [0, 0.1) is 5.41 Å². The van der Waals surface area contributed by atoms with Gasteiger partial charge in [0.25, 0.3) is 0 Å². The Kier molecular flexibility index (Phi) is 8.06. The lowest BCUT2D eigenvalue weighted by Gasteiger charge is -2.37. The number of hydrogen-bond donors (Lipinski definition) is 0. The molecule has 0 aromatic heterocycles. The van der Waals surface area contributed by atoms with E-state index < -0.39 is 13.7 Å². The molecule has 166 valence electrons. The summed E-state index contributed by atoms with van der Waals surface area (Å²) >= 11 is 12.7. The lowest BCUT2D eigenvalue weighted by atomic mass is 9.77.